The molecule has 1 heterocycles. The third-order valence-electron chi connectivity index (χ3n) is 5.48. The highest BCUT2D eigenvalue weighted by Crippen LogP contribution is 2.51. The van der Waals surface area contributed by atoms with Crippen LogP contribution in [0.2, 0.25) is 0 Å². The normalized spacial score (nSPS) is 19.7. The van der Waals surface area contributed by atoms with Crippen LogP contribution in [0.5, 0.6) is 11.5 Å². The summed E-state index contributed by atoms with van der Waals surface area (Å²) in [6.45, 7) is 0.536. The van der Waals surface area contributed by atoms with Crippen LogP contribution in [0, 0.1) is 11.3 Å². The topological polar surface area (TPSA) is 62.6 Å². The second-order valence-electron chi connectivity index (χ2n) is 6.90. The average molecular weight is 348 g/mol. The Bertz CT molecular complexity index is 897. The van der Waals surface area contributed by atoms with Crippen molar-refractivity contribution < 1.29 is 14.3 Å². The monoisotopic (exact) mass is 348 g/mol. The first-order valence-corrected chi connectivity index (χ1v) is 8.65. The van der Waals surface area contributed by atoms with Crippen LogP contribution in [0.4, 0.5) is 0 Å². The summed E-state index contributed by atoms with van der Waals surface area (Å²) in [7, 11) is 3.09. The number of hydrogen-bond donors (Lipinski definition) is 0. The number of methoxy groups -OCH3 is 2. The van der Waals surface area contributed by atoms with Crippen LogP contribution in [0.1, 0.15) is 40.4 Å². The molecule has 1 amide bonds. The Morgan fingerprint density at radius 1 is 1.19 bits per heavy atom. The molecule has 0 bridgehead atoms. The number of fused-ring (bicyclic) bond motifs is 1. The second kappa shape index (κ2) is 6.06. The van der Waals surface area contributed by atoms with Crippen LogP contribution >= 0.6 is 0 Å². The van der Waals surface area contributed by atoms with E-state index in [2.05, 4.69) is 18.2 Å². The Labute approximate surface area is 152 Å². The number of amides is 1. The Morgan fingerprint density at radius 3 is 2.50 bits per heavy atom. The zero-order valence-electron chi connectivity index (χ0n) is 14.9. The number of ether oxygens (including phenoxy) is 2. The van der Waals surface area contributed by atoms with Gasteiger partial charge in [-0.05, 0) is 24.5 Å². The van der Waals surface area contributed by atoms with Crippen LogP contribution in [-0.4, -0.2) is 31.6 Å². The molecule has 2 aliphatic rings. The predicted molar refractivity (Wildman–Crippen MR) is 96.3 cm³/mol. The number of hydrogen-bond acceptors (Lipinski definition) is 4. The molecular formula is C21H20N2O3. The van der Waals surface area contributed by atoms with Crippen molar-refractivity contribution >= 4 is 5.91 Å². The minimum Gasteiger partial charge on any atom is -0.497 e. The highest BCUT2D eigenvalue weighted by molar-refractivity contribution is 6.01. The molecule has 0 aromatic heterocycles. The van der Waals surface area contributed by atoms with E-state index in [9.17, 15) is 10.1 Å². The van der Waals surface area contributed by atoms with Gasteiger partial charge >= 0.3 is 0 Å². The van der Waals surface area contributed by atoms with Gasteiger partial charge in [0.15, 0.2) is 0 Å². The number of rotatable bonds is 5. The van der Waals surface area contributed by atoms with Gasteiger partial charge in [0.1, 0.15) is 17.5 Å². The maximum atomic E-state index is 13.1. The molecule has 26 heavy (non-hydrogen) atoms. The van der Waals surface area contributed by atoms with Crippen molar-refractivity contribution in [3.63, 3.8) is 0 Å². The van der Waals surface area contributed by atoms with E-state index in [1.54, 1.807) is 31.3 Å². The summed E-state index contributed by atoms with van der Waals surface area (Å²) in [4.78, 5) is 14.8. The zero-order valence-corrected chi connectivity index (χ0v) is 14.9. The minimum absolute atomic E-state index is 0.0502. The molecule has 2 aromatic carbocycles. The third-order valence-corrected chi connectivity index (χ3v) is 5.48. The molecule has 4 rings (SSSR count). The van der Waals surface area contributed by atoms with Crippen LogP contribution in [0.3, 0.4) is 0 Å². The van der Waals surface area contributed by atoms with Crippen molar-refractivity contribution in [2.75, 3.05) is 20.8 Å². The lowest BCUT2D eigenvalue weighted by Gasteiger charge is -2.26. The smallest absolute Gasteiger partial charge is 0.255 e. The van der Waals surface area contributed by atoms with E-state index in [1.807, 2.05) is 18.2 Å². The van der Waals surface area contributed by atoms with Gasteiger partial charge in [0.25, 0.3) is 5.91 Å². The van der Waals surface area contributed by atoms with Crippen LogP contribution in [-0.2, 0) is 5.41 Å². The molecule has 1 aliphatic heterocycles. The summed E-state index contributed by atoms with van der Waals surface area (Å²) < 4.78 is 10.7. The molecule has 1 unspecified atom stereocenters. The molecule has 1 aliphatic carbocycles. The third kappa shape index (κ3) is 2.41. The number of benzene rings is 2. The lowest BCUT2D eigenvalue weighted by Crippen LogP contribution is -2.35. The summed E-state index contributed by atoms with van der Waals surface area (Å²) in [5.74, 6) is 0.939. The van der Waals surface area contributed by atoms with Crippen LogP contribution < -0.4 is 9.47 Å². The molecule has 0 radical (unpaired) electrons. The fraction of sp³-hybridized carbons (Fsp3) is 0.333. The van der Waals surface area contributed by atoms with Gasteiger partial charge in [-0.25, -0.2) is 0 Å². The summed E-state index contributed by atoms with van der Waals surface area (Å²) >= 11 is 0. The molecule has 1 atom stereocenters. The highest BCUT2D eigenvalue weighted by atomic mass is 16.5. The van der Waals surface area contributed by atoms with E-state index < -0.39 is 6.04 Å². The minimum atomic E-state index is -0.639. The maximum Gasteiger partial charge on any atom is 0.255 e. The van der Waals surface area contributed by atoms with Gasteiger partial charge < -0.3 is 14.4 Å². The number of carbonyl (C=O) groups is 1. The van der Waals surface area contributed by atoms with E-state index in [0.717, 1.165) is 12.8 Å². The SMILES string of the molecule is COc1cc(OC)c2c(c1)C(=O)N(CC1(c3ccccc3)CC1)C2C#N. The van der Waals surface area contributed by atoms with Gasteiger partial charge in [0.05, 0.1) is 25.9 Å². The van der Waals surface area contributed by atoms with Crippen molar-refractivity contribution in [1.82, 2.24) is 4.90 Å². The number of carbonyl (C=O) groups excluding carboxylic acids is 1. The molecule has 0 saturated heterocycles. The maximum absolute atomic E-state index is 13.1. The summed E-state index contributed by atoms with van der Waals surface area (Å²) in [6, 6.07) is 15.3. The fourth-order valence-corrected chi connectivity index (χ4v) is 3.88. The molecule has 0 spiro atoms. The lowest BCUT2D eigenvalue weighted by molar-refractivity contribution is 0.0739. The Morgan fingerprint density at radius 2 is 1.92 bits per heavy atom. The molecule has 2 aromatic rings. The summed E-state index contributed by atoms with van der Waals surface area (Å²) in [5, 5.41) is 9.80. The molecule has 1 fully saturated rings. The Hall–Kier alpha value is -3.00. The molecule has 5 nitrogen and oxygen atoms in total. The van der Waals surface area contributed by atoms with Gasteiger partial charge in [-0.1, -0.05) is 30.3 Å². The first-order valence-electron chi connectivity index (χ1n) is 8.65. The Balaban J connectivity index is 1.73. The molecule has 132 valence electrons. The number of nitrogens with zero attached hydrogens (tertiary/aromatic N) is 2. The van der Waals surface area contributed by atoms with Gasteiger partial charge in [-0.2, -0.15) is 5.26 Å². The van der Waals surface area contributed by atoms with Gasteiger partial charge in [0, 0.05) is 23.6 Å². The van der Waals surface area contributed by atoms with E-state index in [1.165, 1.54) is 5.56 Å². The van der Waals surface area contributed by atoms with Crippen LogP contribution in [0.15, 0.2) is 42.5 Å². The first kappa shape index (κ1) is 16.5. The molecular weight excluding hydrogens is 328 g/mol. The average Bonchev–Trinajstić information content (AvgIpc) is 3.43. The lowest BCUT2D eigenvalue weighted by atomic mass is 9.95. The predicted octanol–water partition coefficient (Wildman–Crippen LogP) is 3.46. The van der Waals surface area contributed by atoms with Crippen molar-refractivity contribution in [2.24, 2.45) is 0 Å². The zero-order chi connectivity index (χ0) is 18.3. The van der Waals surface area contributed by atoms with Crippen LogP contribution in [0.25, 0.3) is 0 Å². The van der Waals surface area contributed by atoms with Gasteiger partial charge in [0.2, 0.25) is 0 Å². The van der Waals surface area contributed by atoms with Crippen molar-refractivity contribution in [1.29, 1.82) is 5.26 Å². The second-order valence-corrected chi connectivity index (χ2v) is 6.90. The van der Waals surface area contributed by atoms with Crippen molar-refractivity contribution in [3.8, 4) is 17.6 Å². The van der Waals surface area contributed by atoms with Crippen molar-refractivity contribution in [2.45, 2.75) is 24.3 Å². The highest BCUT2D eigenvalue weighted by Gasteiger charge is 2.50. The van der Waals surface area contributed by atoms with Gasteiger partial charge in [-0.3, -0.25) is 4.79 Å². The molecule has 1 saturated carbocycles. The quantitative estimate of drug-likeness (QED) is 0.830. The Kier molecular flexibility index (Phi) is 3.84. The largest absolute Gasteiger partial charge is 0.497 e. The first-order chi connectivity index (χ1) is 12.6. The molecule has 5 heteroatoms. The van der Waals surface area contributed by atoms with Crippen molar-refractivity contribution in [3.05, 3.63) is 59.2 Å². The fourth-order valence-electron chi connectivity index (χ4n) is 3.88. The van der Waals surface area contributed by atoms with Gasteiger partial charge in [-0.15, -0.1) is 0 Å². The summed E-state index contributed by atoms with van der Waals surface area (Å²) in [5.41, 5.74) is 2.32. The van der Waals surface area contributed by atoms with E-state index >= 15 is 0 Å². The summed E-state index contributed by atoms with van der Waals surface area (Å²) in [6.07, 6.45) is 2.05. The van der Waals surface area contributed by atoms with E-state index in [4.69, 9.17) is 9.47 Å². The molecule has 0 N–H and O–H groups in total. The van der Waals surface area contributed by atoms with E-state index in [-0.39, 0.29) is 11.3 Å². The van der Waals surface area contributed by atoms with E-state index in [0.29, 0.717) is 29.2 Å². The number of nitriles is 1. The standard InChI is InChI=1S/C21H20N2O3/c1-25-15-10-16-19(18(11-15)26-2)17(12-22)23(20(16)24)13-21(8-9-21)14-6-4-3-5-7-14/h3-7,10-11,17H,8-9,13H2,1-2H3.